The maximum absolute atomic E-state index is 13.0. The van der Waals surface area contributed by atoms with Gasteiger partial charge in [0.05, 0.1) is 11.3 Å². The molecule has 0 fully saturated rings. The van der Waals surface area contributed by atoms with Gasteiger partial charge in [-0.05, 0) is 35.4 Å². The lowest BCUT2D eigenvalue weighted by Gasteiger charge is -2.34. The van der Waals surface area contributed by atoms with Crippen LogP contribution in [0.4, 0.5) is 11.4 Å². The Morgan fingerprint density at radius 3 is 2.21 bits per heavy atom. The largest absolute Gasteiger partial charge is 0.333 e. The fourth-order valence-electron chi connectivity index (χ4n) is 3.14. The first-order valence-corrected chi connectivity index (χ1v) is 9.23. The summed E-state index contributed by atoms with van der Waals surface area (Å²) in [6, 6.07) is 4.48. The lowest BCUT2D eigenvalue weighted by Crippen LogP contribution is -2.36. The van der Waals surface area contributed by atoms with Crippen LogP contribution in [0, 0.1) is 16.7 Å². The number of hydroxylamine groups is 1. The van der Waals surface area contributed by atoms with Gasteiger partial charge in [0.25, 0.3) is 5.78 Å². The first kappa shape index (κ1) is 21.6. The van der Waals surface area contributed by atoms with Crippen molar-refractivity contribution in [2.24, 2.45) is 16.7 Å². The van der Waals surface area contributed by atoms with E-state index in [-0.39, 0.29) is 33.9 Å². The zero-order valence-corrected chi connectivity index (χ0v) is 17.5. The number of carbonyl (C=O) groups is 4. The first-order chi connectivity index (χ1) is 12.7. The SMILES string of the molecule is CC(=O)ON1C(=O)C(=O)c2ccc(NC(=O)C(CC(C)(C)C)C(C)(C)C)cc21. The molecule has 1 unspecified atom stereocenters. The zero-order valence-electron chi connectivity index (χ0n) is 17.5. The first-order valence-electron chi connectivity index (χ1n) is 9.23. The van der Waals surface area contributed by atoms with Crippen LogP contribution in [-0.2, 0) is 19.2 Å². The van der Waals surface area contributed by atoms with E-state index in [4.69, 9.17) is 4.84 Å². The van der Waals surface area contributed by atoms with Crippen molar-refractivity contribution in [3.63, 3.8) is 0 Å². The minimum atomic E-state index is -0.936. The molecular formula is C21H28N2O5. The molecule has 1 aromatic carbocycles. The fraction of sp³-hybridized carbons (Fsp3) is 0.524. The highest BCUT2D eigenvalue weighted by Gasteiger charge is 2.39. The van der Waals surface area contributed by atoms with Crippen LogP contribution < -0.4 is 10.4 Å². The third kappa shape index (κ3) is 4.77. The maximum atomic E-state index is 13.0. The molecule has 1 atom stereocenters. The molecule has 1 heterocycles. The van der Waals surface area contributed by atoms with Crippen LogP contribution in [-0.4, -0.2) is 23.6 Å². The lowest BCUT2D eigenvalue weighted by atomic mass is 9.71. The standard InChI is InChI=1S/C21H28N2O5/c1-12(24)28-23-16-10-13(8-9-14(16)17(25)19(23)27)22-18(26)15(21(5,6)7)11-20(2,3)4/h8-10,15H,11H2,1-7H3,(H,22,26). The van der Waals surface area contributed by atoms with E-state index in [0.29, 0.717) is 17.2 Å². The van der Waals surface area contributed by atoms with E-state index in [0.717, 1.165) is 6.92 Å². The van der Waals surface area contributed by atoms with E-state index in [1.807, 2.05) is 20.8 Å². The number of hydrogen-bond acceptors (Lipinski definition) is 5. The Balaban J connectivity index is 2.31. The number of amides is 2. The molecule has 1 N–H and O–H groups in total. The molecule has 0 saturated heterocycles. The van der Waals surface area contributed by atoms with Crippen LogP contribution in [0.3, 0.4) is 0 Å². The predicted molar refractivity (Wildman–Crippen MR) is 106 cm³/mol. The van der Waals surface area contributed by atoms with Crippen LogP contribution in [0.1, 0.15) is 65.2 Å². The Morgan fingerprint density at radius 2 is 1.71 bits per heavy atom. The van der Waals surface area contributed by atoms with Crippen molar-refractivity contribution in [2.45, 2.75) is 54.9 Å². The molecule has 0 spiro atoms. The van der Waals surface area contributed by atoms with Crippen LogP contribution in [0.15, 0.2) is 18.2 Å². The van der Waals surface area contributed by atoms with Gasteiger partial charge in [0, 0.05) is 18.5 Å². The van der Waals surface area contributed by atoms with Gasteiger partial charge in [-0.3, -0.25) is 14.4 Å². The molecule has 7 nitrogen and oxygen atoms in total. The van der Waals surface area contributed by atoms with Crippen molar-refractivity contribution in [2.75, 3.05) is 10.4 Å². The summed E-state index contributed by atoms with van der Waals surface area (Å²) in [4.78, 5) is 53.2. The third-order valence-electron chi connectivity index (χ3n) is 4.51. The Hall–Kier alpha value is -2.70. The highest BCUT2D eigenvalue weighted by Crippen LogP contribution is 2.37. The topological polar surface area (TPSA) is 92.8 Å². The second-order valence-electron chi connectivity index (χ2n) is 9.42. The van der Waals surface area contributed by atoms with E-state index in [1.54, 1.807) is 6.07 Å². The average Bonchev–Trinajstić information content (AvgIpc) is 2.75. The lowest BCUT2D eigenvalue weighted by molar-refractivity contribution is -0.146. The van der Waals surface area contributed by atoms with Gasteiger partial charge in [0.2, 0.25) is 5.91 Å². The maximum Gasteiger partial charge on any atom is 0.332 e. The number of ketones is 1. The van der Waals surface area contributed by atoms with Gasteiger partial charge in [-0.2, -0.15) is 0 Å². The summed E-state index contributed by atoms with van der Waals surface area (Å²) in [7, 11) is 0. The van der Waals surface area contributed by atoms with Crippen LogP contribution in [0.5, 0.6) is 0 Å². The molecule has 0 saturated carbocycles. The smallest absolute Gasteiger partial charge is 0.332 e. The summed E-state index contributed by atoms with van der Waals surface area (Å²) >= 11 is 0. The summed E-state index contributed by atoms with van der Waals surface area (Å²) in [5.74, 6) is -2.80. The number of hydrogen-bond donors (Lipinski definition) is 1. The predicted octanol–water partition coefficient (Wildman–Crippen LogP) is 3.73. The number of benzene rings is 1. The normalized spacial score (nSPS) is 15.3. The van der Waals surface area contributed by atoms with Crippen molar-refractivity contribution in [1.29, 1.82) is 0 Å². The van der Waals surface area contributed by atoms with Crippen LogP contribution in [0.2, 0.25) is 0 Å². The summed E-state index contributed by atoms with van der Waals surface area (Å²) in [5, 5.41) is 3.55. The summed E-state index contributed by atoms with van der Waals surface area (Å²) < 4.78 is 0. The quantitative estimate of drug-likeness (QED) is 0.794. The number of nitrogens with one attached hydrogen (secondary N) is 1. The molecule has 7 heteroatoms. The van der Waals surface area contributed by atoms with Crippen molar-refractivity contribution >= 4 is 34.9 Å². The van der Waals surface area contributed by atoms with E-state index < -0.39 is 17.7 Å². The Morgan fingerprint density at radius 1 is 1.11 bits per heavy atom. The molecule has 2 rings (SSSR count). The molecule has 0 aromatic heterocycles. The van der Waals surface area contributed by atoms with Crippen LogP contribution in [0.25, 0.3) is 0 Å². The molecule has 1 aliphatic rings. The van der Waals surface area contributed by atoms with Gasteiger partial charge in [-0.25, -0.2) is 4.79 Å². The van der Waals surface area contributed by atoms with Gasteiger partial charge in [0.15, 0.2) is 0 Å². The van der Waals surface area contributed by atoms with E-state index in [2.05, 4.69) is 26.1 Å². The van der Waals surface area contributed by atoms with E-state index in [9.17, 15) is 19.2 Å². The molecule has 1 aromatic rings. The van der Waals surface area contributed by atoms with Crippen molar-refractivity contribution in [3.05, 3.63) is 23.8 Å². The monoisotopic (exact) mass is 388 g/mol. The van der Waals surface area contributed by atoms with Crippen molar-refractivity contribution < 1.29 is 24.0 Å². The molecular weight excluding hydrogens is 360 g/mol. The van der Waals surface area contributed by atoms with Crippen molar-refractivity contribution in [1.82, 2.24) is 0 Å². The minimum Gasteiger partial charge on any atom is -0.333 e. The van der Waals surface area contributed by atoms with Gasteiger partial charge in [0.1, 0.15) is 0 Å². The Kier molecular flexibility index (Phi) is 5.69. The average molecular weight is 388 g/mol. The van der Waals surface area contributed by atoms with Gasteiger partial charge in [-0.1, -0.05) is 41.5 Å². The number of anilines is 2. The Labute approximate surface area is 165 Å². The molecule has 28 heavy (non-hydrogen) atoms. The van der Waals surface area contributed by atoms with Gasteiger partial charge in [-0.15, -0.1) is 5.06 Å². The fourth-order valence-corrected chi connectivity index (χ4v) is 3.14. The number of nitrogens with zero attached hydrogens (tertiary/aromatic N) is 1. The van der Waals surface area contributed by atoms with E-state index >= 15 is 0 Å². The molecule has 0 aliphatic carbocycles. The Bertz CT molecular complexity index is 830. The molecule has 1 aliphatic heterocycles. The summed E-state index contributed by atoms with van der Waals surface area (Å²) in [6.07, 6.45) is 0.698. The summed E-state index contributed by atoms with van der Waals surface area (Å²) in [6.45, 7) is 13.5. The number of Topliss-reactive ketones (excluding diaryl/α,β-unsaturated/α-hetero) is 1. The highest BCUT2D eigenvalue weighted by molar-refractivity contribution is 6.52. The molecule has 0 radical (unpaired) electrons. The number of rotatable bonds is 4. The summed E-state index contributed by atoms with van der Waals surface area (Å²) in [5.41, 5.74) is 0.422. The van der Waals surface area contributed by atoms with Crippen LogP contribution >= 0.6 is 0 Å². The molecule has 0 bridgehead atoms. The second-order valence-corrected chi connectivity index (χ2v) is 9.42. The van der Waals surface area contributed by atoms with Gasteiger partial charge >= 0.3 is 11.9 Å². The van der Waals surface area contributed by atoms with E-state index in [1.165, 1.54) is 12.1 Å². The third-order valence-corrected chi connectivity index (χ3v) is 4.51. The molecule has 152 valence electrons. The zero-order chi connectivity index (χ0) is 21.4. The highest BCUT2D eigenvalue weighted by atomic mass is 16.7. The number of fused-ring (bicyclic) bond motifs is 1. The number of carbonyl (C=O) groups excluding carboxylic acids is 4. The van der Waals surface area contributed by atoms with Gasteiger partial charge < -0.3 is 10.2 Å². The minimum absolute atomic E-state index is 0.0296. The molecule has 2 amide bonds. The second kappa shape index (κ2) is 7.37. The van der Waals surface area contributed by atoms with Crippen molar-refractivity contribution in [3.8, 4) is 0 Å².